The van der Waals surface area contributed by atoms with Crippen molar-refractivity contribution in [3.05, 3.63) is 0 Å². The Morgan fingerprint density at radius 2 is 1.75 bits per heavy atom. The summed E-state index contributed by atoms with van der Waals surface area (Å²) in [6.07, 6.45) is 9.91. The molecule has 0 aromatic rings. The fraction of sp³-hybridized carbons (Fsp3) is 1.00. The lowest BCUT2D eigenvalue weighted by Gasteiger charge is -2.34. The first-order chi connectivity index (χ1) is 7.63. The molecule has 1 rings (SSSR count). The van der Waals surface area contributed by atoms with E-state index in [0.29, 0.717) is 6.04 Å². The number of hydrogen-bond acceptors (Lipinski definition) is 1. The first-order valence-corrected chi connectivity index (χ1v) is 7.39. The zero-order valence-electron chi connectivity index (χ0n) is 11.8. The molecule has 0 spiro atoms. The van der Waals surface area contributed by atoms with Crippen LogP contribution >= 0.6 is 0 Å². The SMILES string of the molecule is CCCCC(NC(C)C)C1CCC(C)CC1. The van der Waals surface area contributed by atoms with Crippen LogP contribution in [0.5, 0.6) is 0 Å². The molecule has 1 N–H and O–H groups in total. The van der Waals surface area contributed by atoms with Gasteiger partial charge in [-0.2, -0.15) is 0 Å². The Hall–Kier alpha value is -0.0400. The first kappa shape index (κ1) is 14.0. The summed E-state index contributed by atoms with van der Waals surface area (Å²) >= 11 is 0. The maximum Gasteiger partial charge on any atom is 0.00976 e. The first-order valence-electron chi connectivity index (χ1n) is 7.39. The van der Waals surface area contributed by atoms with E-state index in [1.54, 1.807) is 0 Å². The molecule has 0 aromatic heterocycles. The standard InChI is InChI=1S/C15H31N/c1-5-6-7-15(16-12(2)3)14-10-8-13(4)9-11-14/h12-16H,5-11H2,1-4H3. The topological polar surface area (TPSA) is 12.0 Å². The summed E-state index contributed by atoms with van der Waals surface area (Å²) in [7, 11) is 0. The van der Waals surface area contributed by atoms with Crippen molar-refractivity contribution in [2.45, 2.75) is 84.7 Å². The molecule has 0 amide bonds. The fourth-order valence-corrected chi connectivity index (χ4v) is 3.00. The highest BCUT2D eigenvalue weighted by molar-refractivity contribution is 4.82. The van der Waals surface area contributed by atoms with E-state index in [9.17, 15) is 0 Å². The van der Waals surface area contributed by atoms with Gasteiger partial charge in [-0.25, -0.2) is 0 Å². The summed E-state index contributed by atoms with van der Waals surface area (Å²) in [5.41, 5.74) is 0. The summed E-state index contributed by atoms with van der Waals surface area (Å²) in [6, 6.07) is 1.42. The smallest absolute Gasteiger partial charge is 0.00976 e. The highest BCUT2D eigenvalue weighted by atomic mass is 14.9. The Kier molecular flexibility index (Phi) is 6.41. The molecule has 0 radical (unpaired) electrons. The lowest BCUT2D eigenvalue weighted by molar-refractivity contribution is 0.212. The van der Waals surface area contributed by atoms with Crippen molar-refractivity contribution in [2.75, 3.05) is 0 Å². The molecule has 1 unspecified atom stereocenters. The van der Waals surface area contributed by atoms with Crippen molar-refractivity contribution in [1.29, 1.82) is 0 Å². The molecule has 1 heteroatoms. The molecule has 0 aliphatic heterocycles. The molecule has 1 fully saturated rings. The molecule has 1 saturated carbocycles. The third kappa shape index (κ3) is 4.86. The van der Waals surface area contributed by atoms with Crippen LogP contribution in [-0.4, -0.2) is 12.1 Å². The van der Waals surface area contributed by atoms with E-state index in [0.717, 1.165) is 17.9 Å². The summed E-state index contributed by atoms with van der Waals surface area (Å²) in [4.78, 5) is 0. The van der Waals surface area contributed by atoms with Gasteiger partial charge in [0.1, 0.15) is 0 Å². The van der Waals surface area contributed by atoms with E-state index in [-0.39, 0.29) is 0 Å². The molecule has 0 bridgehead atoms. The fourth-order valence-electron chi connectivity index (χ4n) is 3.00. The predicted molar refractivity (Wildman–Crippen MR) is 72.7 cm³/mol. The highest BCUT2D eigenvalue weighted by Crippen LogP contribution is 2.32. The minimum absolute atomic E-state index is 0.640. The van der Waals surface area contributed by atoms with Crippen LogP contribution in [0.3, 0.4) is 0 Å². The second-order valence-electron chi connectivity index (χ2n) is 6.09. The Morgan fingerprint density at radius 1 is 1.12 bits per heavy atom. The Labute approximate surface area is 102 Å². The number of unbranched alkanes of at least 4 members (excludes halogenated alkanes) is 1. The van der Waals surface area contributed by atoms with Gasteiger partial charge in [-0.1, -0.05) is 53.4 Å². The maximum absolute atomic E-state index is 3.80. The number of rotatable bonds is 6. The van der Waals surface area contributed by atoms with E-state index < -0.39 is 0 Å². The van der Waals surface area contributed by atoms with Crippen molar-refractivity contribution in [3.63, 3.8) is 0 Å². The average Bonchev–Trinajstić information content (AvgIpc) is 2.25. The molecule has 96 valence electrons. The molecule has 16 heavy (non-hydrogen) atoms. The predicted octanol–water partition coefficient (Wildman–Crippen LogP) is 4.37. The molecule has 1 aliphatic rings. The lowest BCUT2D eigenvalue weighted by atomic mass is 9.78. The number of hydrogen-bond donors (Lipinski definition) is 1. The van der Waals surface area contributed by atoms with Gasteiger partial charge in [-0.15, -0.1) is 0 Å². The molecule has 1 aliphatic carbocycles. The minimum atomic E-state index is 0.640. The van der Waals surface area contributed by atoms with Crippen LogP contribution in [-0.2, 0) is 0 Å². The zero-order valence-corrected chi connectivity index (χ0v) is 11.8. The van der Waals surface area contributed by atoms with Crippen LogP contribution in [0.25, 0.3) is 0 Å². The van der Waals surface area contributed by atoms with Crippen molar-refractivity contribution in [1.82, 2.24) is 5.32 Å². The van der Waals surface area contributed by atoms with Crippen molar-refractivity contribution in [3.8, 4) is 0 Å². The van der Waals surface area contributed by atoms with Crippen LogP contribution < -0.4 is 5.32 Å². The van der Waals surface area contributed by atoms with Crippen molar-refractivity contribution < 1.29 is 0 Å². The van der Waals surface area contributed by atoms with Gasteiger partial charge >= 0.3 is 0 Å². The average molecular weight is 225 g/mol. The summed E-state index contributed by atoms with van der Waals surface area (Å²) in [5, 5.41) is 3.80. The van der Waals surface area contributed by atoms with Crippen molar-refractivity contribution >= 4 is 0 Å². The van der Waals surface area contributed by atoms with Gasteiger partial charge in [-0.05, 0) is 31.1 Å². The largest absolute Gasteiger partial charge is 0.312 e. The third-order valence-electron chi connectivity index (χ3n) is 4.05. The summed E-state index contributed by atoms with van der Waals surface area (Å²) in [5.74, 6) is 1.92. The van der Waals surface area contributed by atoms with Crippen LogP contribution in [0.15, 0.2) is 0 Å². The van der Waals surface area contributed by atoms with E-state index in [2.05, 4.69) is 33.0 Å². The molecular weight excluding hydrogens is 194 g/mol. The third-order valence-corrected chi connectivity index (χ3v) is 4.05. The van der Waals surface area contributed by atoms with E-state index in [4.69, 9.17) is 0 Å². The highest BCUT2D eigenvalue weighted by Gasteiger charge is 2.25. The van der Waals surface area contributed by atoms with Crippen LogP contribution in [0.2, 0.25) is 0 Å². The number of nitrogens with one attached hydrogen (secondary N) is 1. The van der Waals surface area contributed by atoms with Gasteiger partial charge in [0.15, 0.2) is 0 Å². The minimum Gasteiger partial charge on any atom is -0.312 e. The Morgan fingerprint density at radius 3 is 2.25 bits per heavy atom. The van der Waals surface area contributed by atoms with Crippen molar-refractivity contribution in [2.24, 2.45) is 11.8 Å². The Bertz CT molecular complexity index is 168. The van der Waals surface area contributed by atoms with E-state index in [1.807, 2.05) is 0 Å². The zero-order chi connectivity index (χ0) is 12.0. The van der Waals surface area contributed by atoms with Gasteiger partial charge in [0, 0.05) is 12.1 Å². The van der Waals surface area contributed by atoms with E-state index >= 15 is 0 Å². The van der Waals surface area contributed by atoms with Crippen LogP contribution in [0.1, 0.15) is 72.6 Å². The summed E-state index contributed by atoms with van der Waals surface area (Å²) < 4.78 is 0. The monoisotopic (exact) mass is 225 g/mol. The molecule has 0 aromatic carbocycles. The lowest BCUT2D eigenvalue weighted by Crippen LogP contribution is -2.41. The van der Waals surface area contributed by atoms with Crippen LogP contribution in [0.4, 0.5) is 0 Å². The van der Waals surface area contributed by atoms with Gasteiger partial charge in [-0.3, -0.25) is 0 Å². The molecule has 0 saturated heterocycles. The normalized spacial score (nSPS) is 28.3. The summed E-state index contributed by atoms with van der Waals surface area (Å²) in [6.45, 7) is 9.28. The Balaban J connectivity index is 2.40. The molecule has 1 atom stereocenters. The van der Waals surface area contributed by atoms with Gasteiger partial charge in [0.2, 0.25) is 0 Å². The van der Waals surface area contributed by atoms with E-state index in [1.165, 1.54) is 44.9 Å². The molecule has 1 nitrogen and oxygen atoms in total. The molecule has 0 heterocycles. The van der Waals surface area contributed by atoms with Gasteiger partial charge in [0.05, 0.1) is 0 Å². The maximum atomic E-state index is 3.80. The van der Waals surface area contributed by atoms with Gasteiger partial charge in [0.25, 0.3) is 0 Å². The molecular formula is C15H31N. The second-order valence-corrected chi connectivity index (χ2v) is 6.09. The second kappa shape index (κ2) is 7.32. The van der Waals surface area contributed by atoms with Crippen LogP contribution in [0, 0.1) is 11.8 Å². The van der Waals surface area contributed by atoms with Gasteiger partial charge < -0.3 is 5.32 Å². The quantitative estimate of drug-likeness (QED) is 0.708.